The first kappa shape index (κ1) is 8.97. The molecule has 0 aromatic carbocycles. The molecular formula is C8H18N2O. The van der Waals surface area contributed by atoms with Crippen molar-refractivity contribution in [2.45, 2.75) is 18.9 Å². The van der Waals surface area contributed by atoms with Crippen LogP contribution >= 0.6 is 0 Å². The van der Waals surface area contributed by atoms with Gasteiger partial charge in [-0.1, -0.05) is 6.92 Å². The molecule has 1 atom stereocenters. The van der Waals surface area contributed by atoms with E-state index in [0.29, 0.717) is 5.92 Å². The van der Waals surface area contributed by atoms with Crippen LogP contribution in [0.15, 0.2) is 0 Å². The summed E-state index contributed by atoms with van der Waals surface area (Å²) >= 11 is 0. The molecule has 1 saturated heterocycles. The molecule has 0 spiro atoms. The average molecular weight is 158 g/mol. The predicted molar refractivity (Wildman–Crippen MR) is 45.3 cm³/mol. The molecule has 3 nitrogen and oxygen atoms in total. The minimum absolute atomic E-state index is 0.113. The molecule has 0 saturated carbocycles. The van der Waals surface area contributed by atoms with E-state index in [1.807, 2.05) is 6.92 Å². The quantitative estimate of drug-likeness (QED) is 0.590. The minimum Gasteiger partial charge on any atom is -0.394 e. The second-order valence-corrected chi connectivity index (χ2v) is 3.66. The number of aliphatic hydroxyl groups excluding tert-OH is 1. The van der Waals surface area contributed by atoms with E-state index >= 15 is 0 Å². The first-order valence-corrected chi connectivity index (χ1v) is 4.20. The van der Waals surface area contributed by atoms with Crippen molar-refractivity contribution in [3.63, 3.8) is 0 Å². The molecule has 1 aliphatic heterocycles. The summed E-state index contributed by atoms with van der Waals surface area (Å²) in [5.41, 5.74) is 5.66. The van der Waals surface area contributed by atoms with Crippen molar-refractivity contribution >= 4 is 0 Å². The fraction of sp³-hybridized carbons (Fsp3) is 1.00. The van der Waals surface area contributed by atoms with Crippen molar-refractivity contribution in [2.75, 3.05) is 26.7 Å². The first-order chi connectivity index (χ1) is 5.12. The summed E-state index contributed by atoms with van der Waals surface area (Å²) < 4.78 is 0. The smallest absolute Gasteiger partial charge is 0.0614 e. The van der Waals surface area contributed by atoms with Gasteiger partial charge in [-0.3, -0.25) is 0 Å². The fourth-order valence-electron chi connectivity index (χ4n) is 1.59. The predicted octanol–water partition coefficient (Wildman–Crippen LogP) is -0.352. The molecule has 1 aliphatic rings. The Kier molecular flexibility index (Phi) is 2.52. The lowest BCUT2D eigenvalue weighted by molar-refractivity contribution is 0.0286. The van der Waals surface area contributed by atoms with E-state index in [0.717, 1.165) is 19.5 Å². The van der Waals surface area contributed by atoms with Crippen molar-refractivity contribution in [1.82, 2.24) is 4.90 Å². The molecule has 66 valence electrons. The zero-order chi connectivity index (χ0) is 8.48. The maximum Gasteiger partial charge on any atom is 0.0614 e. The van der Waals surface area contributed by atoms with Gasteiger partial charge in [0.25, 0.3) is 0 Å². The summed E-state index contributed by atoms with van der Waals surface area (Å²) in [5, 5.41) is 9.06. The number of hydrogen-bond donors (Lipinski definition) is 2. The Morgan fingerprint density at radius 3 is 2.45 bits per heavy atom. The van der Waals surface area contributed by atoms with Crippen molar-refractivity contribution in [3.05, 3.63) is 0 Å². The second kappa shape index (κ2) is 3.09. The second-order valence-electron chi connectivity index (χ2n) is 3.66. The Bertz CT molecular complexity index is 128. The van der Waals surface area contributed by atoms with Gasteiger partial charge in [0.1, 0.15) is 0 Å². The van der Waals surface area contributed by atoms with E-state index in [1.54, 1.807) is 0 Å². The molecule has 1 heterocycles. The van der Waals surface area contributed by atoms with Crippen LogP contribution in [0.5, 0.6) is 0 Å². The molecule has 0 bridgehead atoms. The van der Waals surface area contributed by atoms with Crippen LogP contribution in [0.1, 0.15) is 13.3 Å². The Morgan fingerprint density at radius 2 is 2.18 bits per heavy atom. The summed E-state index contributed by atoms with van der Waals surface area (Å²) in [6.07, 6.45) is 0.863. The van der Waals surface area contributed by atoms with Crippen LogP contribution in [0.3, 0.4) is 0 Å². The number of rotatable bonds is 3. The van der Waals surface area contributed by atoms with Gasteiger partial charge in [0.15, 0.2) is 0 Å². The number of nitrogens with zero attached hydrogens (tertiary/aromatic N) is 1. The molecule has 11 heavy (non-hydrogen) atoms. The third kappa shape index (κ3) is 1.55. The molecule has 1 rings (SSSR count). The van der Waals surface area contributed by atoms with Gasteiger partial charge in [-0.05, 0) is 13.5 Å². The van der Waals surface area contributed by atoms with Crippen LogP contribution < -0.4 is 5.73 Å². The average Bonchev–Trinajstić information content (AvgIpc) is 1.98. The van der Waals surface area contributed by atoms with Gasteiger partial charge in [-0.15, -0.1) is 0 Å². The van der Waals surface area contributed by atoms with E-state index in [4.69, 9.17) is 10.8 Å². The lowest BCUT2D eigenvalue weighted by Gasteiger charge is -2.46. The summed E-state index contributed by atoms with van der Waals surface area (Å²) in [4.78, 5) is 2.22. The third-order valence-corrected chi connectivity index (χ3v) is 2.83. The lowest BCUT2D eigenvalue weighted by atomic mass is 9.78. The van der Waals surface area contributed by atoms with Crippen LogP contribution in [0, 0.1) is 5.92 Å². The highest BCUT2D eigenvalue weighted by molar-refractivity contribution is 4.97. The van der Waals surface area contributed by atoms with Gasteiger partial charge in [0.2, 0.25) is 0 Å². The molecule has 1 fully saturated rings. The van der Waals surface area contributed by atoms with Crippen LogP contribution in [0.4, 0.5) is 0 Å². The van der Waals surface area contributed by atoms with Crippen molar-refractivity contribution in [1.29, 1.82) is 0 Å². The number of likely N-dealkylation sites (tertiary alicyclic amines) is 1. The normalized spacial score (nSPS) is 26.2. The minimum atomic E-state index is -0.327. The maximum atomic E-state index is 9.06. The topological polar surface area (TPSA) is 49.5 Å². The standard InChI is InChI=1S/C8H18N2O/c1-3-8(9,6-11)7-4-10(2)5-7/h7,11H,3-6,9H2,1-2H3. The summed E-state index contributed by atoms with van der Waals surface area (Å²) in [5.74, 6) is 0.488. The van der Waals surface area contributed by atoms with Crippen LogP contribution in [0.25, 0.3) is 0 Å². The molecule has 0 radical (unpaired) electrons. The molecule has 1 unspecified atom stereocenters. The highest BCUT2D eigenvalue weighted by Crippen LogP contribution is 2.26. The summed E-state index contributed by atoms with van der Waals surface area (Å²) in [6, 6.07) is 0. The van der Waals surface area contributed by atoms with Gasteiger partial charge in [-0.2, -0.15) is 0 Å². The van der Waals surface area contributed by atoms with E-state index in [-0.39, 0.29) is 12.1 Å². The molecule has 3 N–H and O–H groups in total. The van der Waals surface area contributed by atoms with Crippen molar-refractivity contribution < 1.29 is 5.11 Å². The third-order valence-electron chi connectivity index (χ3n) is 2.83. The molecule has 0 aromatic rings. The molecular weight excluding hydrogens is 140 g/mol. The summed E-state index contributed by atoms with van der Waals surface area (Å²) in [7, 11) is 2.07. The van der Waals surface area contributed by atoms with Crippen LogP contribution in [-0.2, 0) is 0 Å². The van der Waals surface area contributed by atoms with Gasteiger partial charge < -0.3 is 15.7 Å². The van der Waals surface area contributed by atoms with Gasteiger partial charge in [0, 0.05) is 24.5 Å². The maximum absolute atomic E-state index is 9.06. The molecule has 0 aromatic heterocycles. The Hall–Kier alpha value is -0.120. The zero-order valence-electron chi connectivity index (χ0n) is 7.38. The van der Waals surface area contributed by atoms with E-state index in [2.05, 4.69) is 11.9 Å². The fourth-order valence-corrected chi connectivity index (χ4v) is 1.59. The summed E-state index contributed by atoms with van der Waals surface area (Å²) in [6.45, 7) is 4.21. The number of hydrogen-bond acceptors (Lipinski definition) is 3. The Labute approximate surface area is 68.2 Å². The van der Waals surface area contributed by atoms with E-state index < -0.39 is 0 Å². The monoisotopic (exact) mass is 158 g/mol. The largest absolute Gasteiger partial charge is 0.394 e. The van der Waals surface area contributed by atoms with Gasteiger partial charge >= 0.3 is 0 Å². The first-order valence-electron chi connectivity index (χ1n) is 4.20. The van der Waals surface area contributed by atoms with Crippen molar-refractivity contribution in [3.8, 4) is 0 Å². The Balaban J connectivity index is 2.43. The molecule has 0 aliphatic carbocycles. The van der Waals surface area contributed by atoms with E-state index in [9.17, 15) is 0 Å². The van der Waals surface area contributed by atoms with Crippen LogP contribution in [-0.4, -0.2) is 42.3 Å². The SMILES string of the molecule is CCC(N)(CO)C1CN(C)C1. The highest BCUT2D eigenvalue weighted by Gasteiger charge is 2.39. The molecule has 3 heteroatoms. The zero-order valence-corrected chi connectivity index (χ0v) is 7.38. The Morgan fingerprint density at radius 1 is 1.64 bits per heavy atom. The van der Waals surface area contributed by atoms with E-state index in [1.165, 1.54) is 0 Å². The lowest BCUT2D eigenvalue weighted by Crippen LogP contribution is -2.62. The number of nitrogens with two attached hydrogens (primary N) is 1. The molecule has 0 amide bonds. The van der Waals surface area contributed by atoms with Gasteiger partial charge in [0.05, 0.1) is 6.61 Å². The number of aliphatic hydroxyl groups is 1. The van der Waals surface area contributed by atoms with Crippen LogP contribution in [0.2, 0.25) is 0 Å². The van der Waals surface area contributed by atoms with Crippen molar-refractivity contribution in [2.24, 2.45) is 11.7 Å². The highest BCUT2D eigenvalue weighted by atomic mass is 16.3. The van der Waals surface area contributed by atoms with Gasteiger partial charge in [-0.25, -0.2) is 0 Å².